The van der Waals surface area contributed by atoms with Crippen molar-refractivity contribution in [2.75, 3.05) is 37.5 Å². The summed E-state index contributed by atoms with van der Waals surface area (Å²) < 4.78 is 42.7. The second-order valence-corrected chi connectivity index (χ2v) is 9.76. The number of carbonyl (C=O) groups excluding carboxylic acids is 1. The van der Waals surface area contributed by atoms with Gasteiger partial charge in [0.2, 0.25) is 0 Å². The Hall–Kier alpha value is -3.31. The lowest BCUT2D eigenvalue weighted by Crippen LogP contribution is -2.44. The lowest BCUT2D eigenvalue weighted by molar-refractivity contribution is 0.0515. The molecule has 10 nitrogen and oxygen atoms in total. The van der Waals surface area contributed by atoms with Gasteiger partial charge in [-0.2, -0.15) is 4.68 Å². The number of alkyl halides is 1. The number of benzene rings is 1. The summed E-state index contributed by atoms with van der Waals surface area (Å²) in [5.74, 6) is 4.20. The molecule has 1 saturated heterocycles. The van der Waals surface area contributed by atoms with Crippen LogP contribution >= 0.6 is 0 Å². The molecule has 2 aromatic rings. The summed E-state index contributed by atoms with van der Waals surface area (Å²) >= 11 is 0. The van der Waals surface area contributed by atoms with Crippen molar-refractivity contribution in [3.63, 3.8) is 0 Å². The minimum Gasteiger partial charge on any atom is -0.492 e. The van der Waals surface area contributed by atoms with E-state index in [0.717, 1.165) is 6.07 Å². The predicted octanol–water partition coefficient (Wildman–Crippen LogP) is 1.66. The van der Waals surface area contributed by atoms with Gasteiger partial charge >= 0.3 is 11.8 Å². The third kappa shape index (κ3) is 4.28. The molecule has 1 saturated carbocycles. The molecule has 0 unspecified atom stereocenters. The van der Waals surface area contributed by atoms with Gasteiger partial charge in [0.25, 0.3) is 5.56 Å². The highest BCUT2D eigenvalue weighted by atomic mass is 19.1. The minimum absolute atomic E-state index is 0.00520. The second-order valence-electron chi connectivity index (χ2n) is 9.76. The van der Waals surface area contributed by atoms with E-state index in [2.05, 4.69) is 5.32 Å². The number of hydrogen-bond donors (Lipinski definition) is 2. The Morgan fingerprint density at radius 1 is 1.26 bits per heavy atom. The summed E-state index contributed by atoms with van der Waals surface area (Å²) in [6, 6.07) is 0.826. The van der Waals surface area contributed by atoms with E-state index >= 15 is 4.39 Å². The van der Waals surface area contributed by atoms with E-state index < -0.39 is 40.9 Å². The highest BCUT2D eigenvalue weighted by Crippen LogP contribution is 2.43. The first-order valence-corrected chi connectivity index (χ1v) is 11.1. The van der Waals surface area contributed by atoms with E-state index in [4.69, 9.17) is 15.3 Å². The van der Waals surface area contributed by atoms with Gasteiger partial charge in [-0.3, -0.25) is 9.36 Å². The molecule has 2 heterocycles. The van der Waals surface area contributed by atoms with Gasteiger partial charge in [0.15, 0.2) is 11.6 Å². The van der Waals surface area contributed by atoms with E-state index in [-0.39, 0.29) is 48.0 Å². The molecule has 0 spiro atoms. The first-order valence-electron chi connectivity index (χ1n) is 11.1. The van der Waals surface area contributed by atoms with Crippen LogP contribution in [0.5, 0.6) is 5.75 Å². The summed E-state index contributed by atoms with van der Waals surface area (Å²) in [6.07, 6.45) is -0.619. The standard InChI is InChI=1S/C22H29F2N5O5/c1-22(2,3)34-20(31)26-8-11-9-27(10-15(11)24)17-14(23)7-13-16(18(17)33-4)28(12-5-6-12)21(32)29(25)19(13)30/h7,11-12,15H,5-6,8-10,25H2,1-4H3,(H,26,31)/t11-,15-/m1/s1. The van der Waals surface area contributed by atoms with Crippen LogP contribution in [0.25, 0.3) is 10.9 Å². The van der Waals surface area contributed by atoms with E-state index in [1.807, 2.05) is 0 Å². The van der Waals surface area contributed by atoms with E-state index in [9.17, 15) is 18.8 Å². The lowest BCUT2D eigenvalue weighted by atomic mass is 10.1. The maximum atomic E-state index is 15.3. The highest BCUT2D eigenvalue weighted by Gasteiger charge is 2.38. The van der Waals surface area contributed by atoms with Crippen molar-refractivity contribution in [1.29, 1.82) is 0 Å². The zero-order valence-electron chi connectivity index (χ0n) is 19.6. The van der Waals surface area contributed by atoms with Gasteiger partial charge in [-0.1, -0.05) is 0 Å². The van der Waals surface area contributed by atoms with Crippen LogP contribution in [0.3, 0.4) is 0 Å². The summed E-state index contributed by atoms with van der Waals surface area (Å²) in [5, 5.41) is 2.46. The molecule has 0 radical (unpaired) electrons. The first kappa shape index (κ1) is 23.8. The molecule has 2 atom stereocenters. The fourth-order valence-corrected chi connectivity index (χ4v) is 4.33. The molecular weight excluding hydrogens is 452 g/mol. The van der Waals surface area contributed by atoms with Crippen molar-refractivity contribution in [3.05, 3.63) is 32.7 Å². The smallest absolute Gasteiger partial charge is 0.407 e. The average Bonchev–Trinajstić information content (AvgIpc) is 3.51. The summed E-state index contributed by atoms with van der Waals surface area (Å²) in [5.41, 5.74) is -2.16. The number of halogens is 2. The number of amides is 1. The van der Waals surface area contributed by atoms with Crippen LogP contribution in [0, 0.1) is 11.7 Å². The quantitative estimate of drug-likeness (QED) is 0.623. The zero-order chi connectivity index (χ0) is 24.9. The SMILES string of the molecule is COc1c(N2C[C@@H](CNC(=O)OC(C)(C)C)[C@H](F)C2)c(F)cc2c(=O)n(N)c(=O)n(C3CC3)c12. The molecule has 2 fully saturated rings. The van der Waals surface area contributed by atoms with Crippen LogP contribution in [0.15, 0.2) is 15.7 Å². The van der Waals surface area contributed by atoms with Crippen molar-refractivity contribution in [3.8, 4) is 5.75 Å². The third-order valence-corrected chi connectivity index (χ3v) is 5.99. The molecule has 1 aromatic heterocycles. The van der Waals surface area contributed by atoms with Crippen molar-refractivity contribution in [1.82, 2.24) is 14.6 Å². The lowest BCUT2D eigenvalue weighted by Gasteiger charge is -2.24. The van der Waals surface area contributed by atoms with Crippen LogP contribution in [0.4, 0.5) is 19.3 Å². The monoisotopic (exact) mass is 481 g/mol. The maximum absolute atomic E-state index is 15.3. The number of nitrogens with zero attached hydrogens (tertiary/aromatic N) is 3. The molecule has 0 bridgehead atoms. The van der Waals surface area contributed by atoms with Crippen LogP contribution in [0.2, 0.25) is 0 Å². The van der Waals surface area contributed by atoms with Gasteiger partial charge in [0, 0.05) is 31.6 Å². The number of anilines is 1. The maximum Gasteiger partial charge on any atom is 0.407 e. The summed E-state index contributed by atoms with van der Waals surface area (Å²) in [7, 11) is 1.30. The molecule has 1 aromatic carbocycles. The molecule has 12 heteroatoms. The van der Waals surface area contributed by atoms with E-state index in [0.29, 0.717) is 17.5 Å². The number of alkyl carbamates (subject to hydrolysis) is 1. The number of nitrogen functional groups attached to an aromatic ring is 1. The molecule has 1 amide bonds. The largest absolute Gasteiger partial charge is 0.492 e. The van der Waals surface area contributed by atoms with Crippen LogP contribution in [-0.2, 0) is 4.74 Å². The van der Waals surface area contributed by atoms with Gasteiger partial charge in [-0.25, -0.2) is 18.4 Å². The number of fused-ring (bicyclic) bond motifs is 1. The van der Waals surface area contributed by atoms with Crippen molar-refractivity contribution in [2.45, 2.75) is 51.4 Å². The second kappa shape index (κ2) is 8.48. The van der Waals surface area contributed by atoms with Gasteiger partial charge in [0.1, 0.15) is 23.0 Å². The van der Waals surface area contributed by atoms with Gasteiger partial charge in [-0.15, -0.1) is 0 Å². The Kier molecular flexibility index (Phi) is 5.94. The molecule has 4 rings (SSSR count). The summed E-state index contributed by atoms with van der Waals surface area (Å²) in [4.78, 5) is 38.8. The Bertz CT molecular complexity index is 1250. The average molecular weight is 482 g/mol. The number of carbonyl (C=O) groups is 1. The van der Waals surface area contributed by atoms with Gasteiger partial charge < -0.3 is 25.5 Å². The molecule has 2 aliphatic rings. The normalized spacial score (nSPS) is 20.6. The van der Waals surface area contributed by atoms with Crippen LogP contribution in [0.1, 0.15) is 39.7 Å². The van der Waals surface area contributed by atoms with Gasteiger partial charge in [0.05, 0.1) is 12.5 Å². The first-order chi connectivity index (χ1) is 15.9. The van der Waals surface area contributed by atoms with Crippen LogP contribution < -0.4 is 32.0 Å². The Morgan fingerprint density at radius 3 is 2.53 bits per heavy atom. The zero-order valence-corrected chi connectivity index (χ0v) is 19.6. The van der Waals surface area contributed by atoms with Gasteiger partial charge in [-0.05, 0) is 39.7 Å². The minimum atomic E-state index is -1.36. The Morgan fingerprint density at radius 2 is 1.94 bits per heavy atom. The molecule has 1 aliphatic carbocycles. The molecule has 186 valence electrons. The highest BCUT2D eigenvalue weighted by molar-refractivity contribution is 5.91. The predicted molar refractivity (Wildman–Crippen MR) is 122 cm³/mol. The summed E-state index contributed by atoms with van der Waals surface area (Å²) in [6.45, 7) is 5.08. The molecule has 1 aliphatic heterocycles. The Labute approximate surface area is 194 Å². The fraction of sp³-hybridized carbons (Fsp3) is 0.591. The number of nitrogens with one attached hydrogen (secondary N) is 1. The number of rotatable bonds is 5. The van der Waals surface area contributed by atoms with Crippen molar-refractivity contribution < 1.29 is 23.0 Å². The molecular formula is C22H29F2N5O5. The number of aromatic nitrogens is 2. The molecule has 34 heavy (non-hydrogen) atoms. The number of ether oxygens (including phenoxy) is 2. The van der Waals surface area contributed by atoms with Crippen molar-refractivity contribution in [2.24, 2.45) is 5.92 Å². The number of nitrogens with two attached hydrogens (primary N) is 1. The number of methoxy groups -OCH3 is 1. The topological polar surface area (TPSA) is 121 Å². The van der Waals surface area contributed by atoms with Crippen molar-refractivity contribution >= 4 is 22.7 Å². The number of hydrogen-bond acceptors (Lipinski definition) is 7. The third-order valence-electron chi connectivity index (χ3n) is 5.99. The van der Waals surface area contributed by atoms with E-state index in [1.165, 1.54) is 16.6 Å². The van der Waals surface area contributed by atoms with E-state index in [1.54, 1.807) is 20.8 Å². The molecule has 3 N–H and O–H groups in total. The van der Waals surface area contributed by atoms with Crippen LogP contribution in [-0.4, -0.2) is 53.9 Å². The Balaban J connectivity index is 1.70. The fourth-order valence-electron chi connectivity index (χ4n) is 4.33.